The maximum atomic E-state index is 10.4. The smallest absolute Gasteiger partial charge is 0.297 e. The van der Waals surface area contributed by atoms with Gasteiger partial charge in [-0.05, 0) is 12.0 Å². The number of rotatable bonds is 3. The number of hydrogen-bond donors (Lipinski definition) is 2. The summed E-state index contributed by atoms with van der Waals surface area (Å²) in [4.78, 5) is 20.8. The van der Waals surface area contributed by atoms with E-state index in [0.717, 1.165) is 6.08 Å². The van der Waals surface area contributed by atoms with Gasteiger partial charge in [0.25, 0.3) is 5.91 Å². The normalized spacial score (nSPS) is 7.55. The first-order chi connectivity index (χ1) is 5.20. The minimum atomic E-state index is -0.561. The molecule has 2 amide bonds. The molecule has 4 nitrogen and oxygen atoms in total. The Hall–Kier alpha value is -1.76. The van der Waals surface area contributed by atoms with Crippen LogP contribution in [0.4, 0.5) is 0 Å². The van der Waals surface area contributed by atoms with E-state index in [1.165, 1.54) is 0 Å². The van der Waals surface area contributed by atoms with Gasteiger partial charge in [0.05, 0.1) is 6.67 Å². The lowest BCUT2D eigenvalue weighted by molar-refractivity contribution is -0.117. The summed E-state index contributed by atoms with van der Waals surface area (Å²) in [6.07, 6.45) is 5.83. The number of carbonyl (C=O) groups is 2. The van der Waals surface area contributed by atoms with Gasteiger partial charge in [0.2, 0.25) is 5.91 Å². The molecule has 0 fully saturated rings. The lowest BCUT2D eigenvalue weighted by Gasteiger charge is -2.00. The van der Waals surface area contributed by atoms with E-state index in [2.05, 4.69) is 17.2 Å². The van der Waals surface area contributed by atoms with E-state index in [9.17, 15) is 9.59 Å². The van der Waals surface area contributed by atoms with Crippen LogP contribution in [0.5, 0.6) is 0 Å². The van der Waals surface area contributed by atoms with Crippen molar-refractivity contribution >= 4 is 11.8 Å². The van der Waals surface area contributed by atoms with Gasteiger partial charge in [-0.2, -0.15) is 0 Å². The lowest BCUT2D eigenvalue weighted by atomic mass is 10.6. The highest BCUT2D eigenvalue weighted by atomic mass is 16.2. The Labute approximate surface area is 64.7 Å². The average molecular weight is 152 g/mol. The predicted octanol–water partition coefficient (Wildman–Crippen LogP) is -1.00. The monoisotopic (exact) mass is 152 g/mol. The topological polar surface area (TPSA) is 58.2 Å². The van der Waals surface area contributed by atoms with Crippen LogP contribution in [0.2, 0.25) is 0 Å². The summed E-state index contributed by atoms with van der Waals surface area (Å²) >= 11 is 0. The SMILES string of the molecule is C#CC(=O)NCNC(=O)C=C. The van der Waals surface area contributed by atoms with Crippen molar-refractivity contribution in [3.05, 3.63) is 12.7 Å². The van der Waals surface area contributed by atoms with Gasteiger partial charge < -0.3 is 10.6 Å². The molecule has 0 spiro atoms. The maximum Gasteiger partial charge on any atom is 0.297 e. The largest absolute Gasteiger partial charge is 0.335 e. The second-order valence-corrected chi connectivity index (χ2v) is 1.57. The highest BCUT2D eigenvalue weighted by Crippen LogP contribution is 1.63. The molecule has 0 radical (unpaired) electrons. The third-order valence-corrected chi connectivity index (χ3v) is 0.828. The van der Waals surface area contributed by atoms with Crippen molar-refractivity contribution in [1.29, 1.82) is 0 Å². The minimum Gasteiger partial charge on any atom is -0.335 e. The average Bonchev–Trinajstić information content (AvgIpc) is 2.04. The molecular formula is C7H8N2O2. The standard InChI is InChI=1S/C7H8N2O2/c1-3-6(10)8-5-9-7(11)4-2/h1,4H,2,5H2,(H,8,10)(H,9,11). The number of carbonyl (C=O) groups excluding carboxylic acids is 2. The van der Waals surface area contributed by atoms with Crippen molar-refractivity contribution in [2.75, 3.05) is 6.67 Å². The molecule has 0 heterocycles. The van der Waals surface area contributed by atoms with Crippen molar-refractivity contribution in [1.82, 2.24) is 10.6 Å². The van der Waals surface area contributed by atoms with Gasteiger partial charge in [-0.3, -0.25) is 9.59 Å². The first-order valence-electron chi connectivity index (χ1n) is 2.85. The molecule has 58 valence electrons. The van der Waals surface area contributed by atoms with Crippen molar-refractivity contribution in [3.8, 4) is 12.3 Å². The highest BCUT2D eigenvalue weighted by molar-refractivity contribution is 5.93. The molecule has 0 saturated heterocycles. The third kappa shape index (κ3) is 4.73. The predicted molar refractivity (Wildman–Crippen MR) is 40.2 cm³/mol. The van der Waals surface area contributed by atoms with E-state index in [0.29, 0.717) is 0 Å². The summed E-state index contributed by atoms with van der Waals surface area (Å²) in [7, 11) is 0. The first-order valence-corrected chi connectivity index (χ1v) is 2.85. The quantitative estimate of drug-likeness (QED) is 0.309. The molecule has 0 aromatic rings. The summed E-state index contributed by atoms with van der Waals surface area (Å²) in [6, 6.07) is 0. The van der Waals surface area contributed by atoms with Crippen molar-refractivity contribution in [2.45, 2.75) is 0 Å². The molecule has 0 bridgehead atoms. The first kappa shape index (κ1) is 9.24. The van der Waals surface area contributed by atoms with Crippen LogP contribution in [0.15, 0.2) is 12.7 Å². The van der Waals surface area contributed by atoms with Crippen LogP contribution in [0.1, 0.15) is 0 Å². The molecule has 0 atom stereocenters. The summed E-state index contributed by atoms with van der Waals surface area (Å²) in [5, 5.41) is 4.56. The third-order valence-electron chi connectivity index (χ3n) is 0.828. The Morgan fingerprint density at radius 3 is 2.64 bits per heavy atom. The van der Waals surface area contributed by atoms with Gasteiger partial charge in [0.15, 0.2) is 0 Å². The molecule has 0 saturated carbocycles. The Morgan fingerprint density at radius 2 is 2.18 bits per heavy atom. The molecule has 0 aromatic carbocycles. The van der Waals surface area contributed by atoms with Crippen molar-refractivity contribution in [2.24, 2.45) is 0 Å². The number of nitrogens with one attached hydrogen (secondary N) is 2. The molecule has 0 rings (SSSR count). The van der Waals surface area contributed by atoms with Gasteiger partial charge in [-0.15, -0.1) is 6.42 Å². The highest BCUT2D eigenvalue weighted by Gasteiger charge is 1.94. The summed E-state index contributed by atoms with van der Waals surface area (Å²) in [5.74, 6) is 0.910. The summed E-state index contributed by atoms with van der Waals surface area (Å²) in [6.45, 7) is 3.24. The molecular weight excluding hydrogens is 144 g/mol. The molecule has 2 N–H and O–H groups in total. The molecule has 11 heavy (non-hydrogen) atoms. The van der Waals surface area contributed by atoms with Crippen LogP contribution >= 0.6 is 0 Å². The zero-order valence-electron chi connectivity index (χ0n) is 5.89. The van der Waals surface area contributed by atoms with Crippen LogP contribution in [0.25, 0.3) is 0 Å². The van der Waals surface area contributed by atoms with Crippen LogP contribution in [-0.2, 0) is 9.59 Å². The summed E-state index contributed by atoms with van der Waals surface area (Å²) < 4.78 is 0. The zero-order valence-corrected chi connectivity index (χ0v) is 5.89. The molecule has 0 aliphatic rings. The van der Waals surface area contributed by atoms with E-state index in [-0.39, 0.29) is 12.6 Å². The van der Waals surface area contributed by atoms with E-state index >= 15 is 0 Å². The number of terminal acetylenes is 1. The second kappa shape index (κ2) is 5.06. The fourth-order valence-corrected chi connectivity index (χ4v) is 0.335. The van der Waals surface area contributed by atoms with Gasteiger partial charge in [0, 0.05) is 0 Å². The second-order valence-electron chi connectivity index (χ2n) is 1.57. The Kier molecular flexibility index (Phi) is 4.25. The van der Waals surface area contributed by atoms with E-state index in [1.54, 1.807) is 0 Å². The molecule has 0 aliphatic carbocycles. The van der Waals surface area contributed by atoms with Crippen LogP contribution < -0.4 is 10.6 Å². The van der Waals surface area contributed by atoms with Gasteiger partial charge in [-0.1, -0.05) is 6.58 Å². The number of hydrogen-bond acceptors (Lipinski definition) is 2. The van der Waals surface area contributed by atoms with Gasteiger partial charge in [0.1, 0.15) is 0 Å². The Bertz CT molecular complexity index is 215. The van der Waals surface area contributed by atoms with Gasteiger partial charge >= 0.3 is 0 Å². The minimum absolute atomic E-state index is 0.0217. The molecule has 0 aliphatic heterocycles. The summed E-state index contributed by atoms with van der Waals surface area (Å²) in [5.41, 5.74) is 0. The van der Waals surface area contributed by atoms with Gasteiger partial charge in [-0.25, -0.2) is 0 Å². The van der Waals surface area contributed by atoms with Crippen molar-refractivity contribution < 1.29 is 9.59 Å². The fourth-order valence-electron chi connectivity index (χ4n) is 0.335. The van der Waals surface area contributed by atoms with Crippen molar-refractivity contribution in [3.63, 3.8) is 0 Å². The van der Waals surface area contributed by atoms with Crippen LogP contribution in [-0.4, -0.2) is 18.5 Å². The molecule has 0 unspecified atom stereocenters. The molecule has 4 heteroatoms. The van der Waals surface area contributed by atoms with Crippen LogP contribution in [0, 0.1) is 12.3 Å². The van der Waals surface area contributed by atoms with E-state index < -0.39 is 5.91 Å². The fraction of sp³-hybridized carbons (Fsp3) is 0.143. The number of amides is 2. The van der Waals surface area contributed by atoms with Crippen LogP contribution in [0.3, 0.4) is 0 Å². The molecule has 0 aromatic heterocycles. The van der Waals surface area contributed by atoms with E-state index in [1.807, 2.05) is 5.92 Å². The zero-order chi connectivity index (χ0) is 8.69. The lowest BCUT2D eigenvalue weighted by Crippen LogP contribution is -2.35. The Morgan fingerprint density at radius 1 is 1.55 bits per heavy atom. The Balaban J connectivity index is 3.44. The van der Waals surface area contributed by atoms with E-state index in [4.69, 9.17) is 6.42 Å². The maximum absolute atomic E-state index is 10.4.